The summed E-state index contributed by atoms with van der Waals surface area (Å²) in [6.45, 7) is 0. The highest BCUT2D eigenvalue weighted by atomic mass is 35.5. The number of hydrogen-bond acceptors (Lipinski definition) is 2. The van der Waals surface area contributed by atoms with Crippen molar-refractivity contribution in [2.24, 2.45) is 0 Å². The van der Waals surface area contributed by atoms with Crippen LogP contribution < -0.4 is 11.1 Å². The molecule has 0 saturated carbocycles. The van der Waals surface area contributed by atoms with Gasteiger partial charge in [-0.3, -0.25) is 4.79 Å². The molecule has 0 unspecified atom stereocenters. The standard InChI is InChI=1S/C15H11Cl2N3O/c16-8-1-4-12(17)14(5-8)20-15(21)11-7-19-13-6-9(18)2-3-10(11)13/h1-7,19H,18H2,(H,20,21). The first-order chi connectivity index (χ1) is 10.0. The van der Waals surface area contributed by atoms with Crippen LogP contribution in [-0.4, -0.2) is 10.9 Å². The average Bonchev–Trinajstić information content (AvgIpc) is 2.85. The summed E-state index contributed by atoms with van der Waals surface area (Å²) in [7, 11) is 0. The molecule has 3 aromatic rings. The van der Waals surface area contributed by atoms with E-state index in [-0.39, 0.29) is 5.91 Å². The molecule has 0 aliphatic rings. The van der Waals surface area contributed by atoms with Crippen molar-refractivity contribution in [2.75, 3.05) is 11.1 Å². The van der Waals surface area contributed by atoms with E-state index in [0.29, 0.717) is 27.0 Å². The first-order valence-electron chi connectivity index (χ1n) is 6.17. The number of carbonyl (C=O) groups excluding carboxylic acids is 1. The van der Waals surface area contributed by atoms with E-state index in [4.69, 9.17) is 28.9 Å². The van der Waals surface area contributed by atoms with Crippen molar-refractivity contribution in [1.29, 1.82) is 0 Å². The lowest BCUT2D eigenvalue weighted by molar-refractivity contribution is 0.102. The molecule has 6 heteroatoms. The molecule has 1 heterocycles. The minimum Gasteiger partial charge on any atom is -0.399 e. The van der Waals surface area contributed by atoms with Gasteiger partial charge in [-0.1, -0.05) is 23.2 Å². The molecule has 106 valence electrons. The van der Waals surface area contributed by atoms with Crippen molar-refractivity contribution in [1.82, 2.24) is 4.98 Å². The number of hydrogen-bond donors (Lipinski definition) is 3. The number of carbonyl (C=O) groups is 1. The summed E-state index contributed by atoms with van der Waals surface area (Å²) in [4.78, 5) is 15.4. The fourth-order valence-electron chi connectivity index (χ4n) is 2.11. The van der Waals surface area contributed by atoms with Gasteiger partial charge in [0, 0.05) is 27.8 Å². The SMILES string of the molecule is Nc1ccc2c(C(=O)Nc3cc(Cl)ccc3Cl)c[nH]c2c1. The van der Waals surface area contributed by atoms with Gasteiger partial charge in [0.05, 0.1) is 16.3 Å². The van der Waals surface area contributed by atoms with E-state index in [1.54, 1.807) is 42.6 Å². The quantitative estimate of drug-likeness (QED) is 0.616. The largest absolute Gasteiger partial charge is 0.399 e. The van der Waals surface area contributed by atoms with Crippen LogP contribution in [0.25, 0.3) is 10.9 Å². The van der Waals surface area contributed by atoms with Gasteiger partial charge in [0.15, 0.2) is 0 Å². The second kappa shape index (κ2) is 5.31. The van der Waals surface area contributed by atoms with Gasteiger partial charge in [-0.15, -0.1) is 0 Å². The number of halogens is 2. The maximum atomic E-state index is 12.4. The zero-order valence-electron chi connectivity index (χ0n) is 10.8. The van der Waals surface area contributed by atoms with E-state index in [1.807, 2.05) is 0 Å². The van der Waals surface area contributed by atoms with Crippen LogP contribution in [0.1, 0.15) is 10.4 Å². The molecule has 0 fully saturated rings. The average molecular weight is 320 g/mol. The highest BCUT2D eigenvalue weighted by molar-refractivity contribution is 6.36. The summed E-state index contributed by atoms with van der Waals surface area (Å²) in [5.41, 5.74) is 8.14. The predicted molar refractivity (Wildman–Crippen MR) is 87.1 cm³/mol. The maximum absolute atomic E-state index is 12.4. The number of anilines is 2. The molecule has 0 aliphatic heterocycles. The summed E-state index contributed by atoms with van der Waals surface area (Å²) < 4.78 is 0. The third kappa shape index (κ3) is 2.68. The second-order valence-electron chi connectivity index (χ2n) is 4.59. The summed E-state index contributed by atoms with van der Waals surface area (Å²) in [5, 5.41) is 4.47. The fourth-order valence-corrected chi connectivity index (χ4v) is 2.45. The number of aromatic nitrogens is 1. The van der Waals surface area contributed by atoms with Crippen LogP contribution in [0.15, 0.2) is 42.6 Å². The number of H-pyrrole nitrogens is 1. The molecule has 0 saturated heterocycles. The highest BCUT2D eigenvalue weighted by Crippen LogP contribution is 2.27. The molecular formula is C15H11Cl2N3O. The van der Waals surface area contributed by atoms with Crippen LogP contribution in [0.3, 0.4) is 0 Å². The van der Waals surface area contributed by atoms with Crippen LogP contribution in [0.5, 0.6) is 0 Å². The lowest BCUT2D eigenvalue weighted by atomic mass is 10.1. The number of benzene rings is 2. The Morgan fingerprint density at radius 2 is 1.95 bits per heavy atom. The second-order valence-corrected chi connectivity index (χ2v) is 5.43. The first-order valence-corrected chi connectivity index (χ1v) is 6.93. The van der Waals surface area contributed by atoms with Crippen LogP contribution in [0.4, 0.5) is 11.4 Å². The third-order valence-corrected chi connectivity index (χ3v) is 3.69. The number of rotatable bonds is 2. The molecule has 0 spiro atoms. The van der Waals surface area contributed by atoms with Gasteiger partial charge in [0.25, 0.3) is 5.91 Å². The van der Waals surface area contributed by atoms with Crippen LogP contribution in [-0.2, 0) is 0 Å². The van der Waals surface area contributed by atoms with E-state index in [9.17, 15) is 4.79 Å². The van der Waals surface area contributed by atoms with E-state index in [2.05, 4.69) is 10.3 Å². The van der Waals surface area contributed by atoms with Crippen molar-refractivity contribution in [3.63, 3.8) is 0 Å². The van der Waals surface area contributed by atoms with Gasteiger partial charge < -0.3 is 16.0 Å². The molecule has 4 nitrogen and oxygen atoms in total. The van der Waals surface area contributed by atoms with Crippen LogP contribution >= 0.6 is 23.2 Å². The van der Waals surface area contributed by atoms with Gasteiger partial charge in [-0.25, -0.2) is 0 Å². The zero-order valence-corrected chi connectivity index (χ0v) is 12.3. The summed E-state index contributed by atoms with van der Waals surface area (Å²) in [6, 6.07) is 10.2. The van der Waals surface area contributed by atoms with Crippen molar-refractivity contribution >= 4 is 51.4 Å². The molecule has 3 rings (SSSR count). The number of nitrogens with one attached hydrogen (secondary N) is 2. The Hall–Kier alpha value is -2.17. The Labute approximate surface area is 130 Å². The summed E-state index contributed by atoms with van der Waals surface area (Å²) in [6.07, 6.45) is 1.64. The fraction of sp³-hybridized carbons (Fsp3) is 0. The molecule has 0 radical (unpaired) electrons. The third-order valence-electron chi connectivity index (χ3n) is 3.13. The van der Waals surface area contributed by atoms with E-state index >= 15 is 0 Å². The van der Waals surface area contributed by atoms with Crippen molar-refractivity contribution in [3.8, 4) is 0 Å². The Bertz CT molecular complexity index is 842. The molecule has 0 bridgehead atoms. The zero-order chi connectivity index (χ0) is 15.0. The lowest BCUT2D eigenvalue weighted by Crippen LogP contribution is -2.11. The molecule has 4 N–H and O–H groups in total. The van der Waals surface area contributed by atoms with Crippen molar-refractivity contribution in [2.45, 2.75) is 0 Å². The lowest BCUT2D eigenvalue weighted by Gasteiger charge is -2.07. The normalized spacial score (nSPS) is 10.8. The molecule has 0 atom stereocenters. The van der Waals surface area contributed by atoms with Crippen molar-refractivity contribution in [3.05, 3.63) is 58.2 Å². The van der Waals surface area contributed by atoms with Gasteiger partial charge in [0.1, 0.15) is 0 Å². The predicted octanol–water partition coefficient (Wildman–Crippen LogP) is 4.31. The van der Waals surface area contributed by atoms with Gasteiger partial charge >= 0.3 is 0 Å². The van der Waals surface area contributed by atoms with Gasteiger partial charge in [-0.2, -0.15) is 0 Å². The Morgan fingerprint density at radius 1 is 1.14 bits per heavy atom. The van der Waals surface area contributed by atoms with Crippen LogP contribution in [0.2, 0.25) is 10.0 Å². The number of nitrogens with two attached hydrogens (primary N) is 1. The highest BCUT2D eigenvalue weighted by Gasteiger charge is 2.13. The minimum absolute atomic E-state index is 0.268. The number of amides is 1. The number of nitrogen functional groups attached to an aromatic ring is 1. The maximum Gasteiger partial charge on any atom is 0.257 e. The van der Waals surface area contributed by atoms with Gasteiger partial charge in [0.2, 0.25) is 0 Å². The molecule has 21 heavy (non-hydrogen) atoms. The van der Waals surface area contributed by atoms with Gasteiger partial charge in [-0.05, 0) is 36.4 Å². The monoisotopic (exact) mass is 319 g/mol. The minimum atomic E-state index is -0.268. The topological polar surface area (TPSA) is 70.9 Å². The summed E-state index contributed by atoms with van der Waals surface area (Å²) in [5.74, 6) is -0.268. The molecule has 2 aromatic carbocycles. The number of fused-ring (bicyclic) bond motifs is 1. The molecule has 1 aromatic heterocycles. The Morgan fingerprint density at radius 3 is 2.76 bits per heavy atom. The first kappa shape index (κ1) is 13.8. The Kier molecular flexibility index (Phi) is 3.49. The molecule has 1 amide bonds. The summed E-state index contributed by atoms with van der Waals surface area (Å²) >= 11 is 12.0. The molecular weight excluding hydrogens is 309 g/mol. The molecule has 0 aliphatic carbocycles. The van der Waals surface area contributed by atoms with E-state index in [0.717, 1.165) is 10.9 Å². The Balaban J connectivity index is 1.95. The van der Waals surface area contributed by atoms with E-state index < -0.39 is 0 Å². The van der Waals surface area contributed by atoms with Crippen LogP contribution in [0, 0.1) is 0 Å². The number of aromatic amines is 1. The van der Waals surface area contributed by atoms with E-state index in [1.165, 1.54) is 0 Å². The smallest absolute Gasteiger partial charge is 0.257 e. The van der Waals surface area contributed by atoms with Crippen molar-refractivity contribution < 1.29 is 4.79 Å².